The standard InChI is InChI=1S/C17H12N4O3/c22-21(23)15-7-6-13-9-18-20(16(13)8-15)10-14-11-24-17(19-14)12-4-2-1-3-5-12/h1-9,11H,10H2. The Morgan fingerprint density at radius 3 is 2.79 bits per heavy atom. The zero-order chi connectivity index (χ0) is 16.5. The van der Waals surface area contributed by atoms with Crippen LogP contribution in [0.25, 0.3) is 22.4 Å². The zero-order valence-corrected chi connectivity index (χ0v) is 12.5. The number of nitro groups is 1. The fourth-order valence-corrected chi connectivity index (χ4v) is 2.54. The van der Waals surface area contributed by atoms with Crippen molar-refractivity contribution in [2.45, 2.75) is 6.54 Å². The van der Waals surface area contributed by atoms with Gasteiger partial charge in [-0.15, -0.1) is 0 Å². The molecule has 2 aromatic carbocycles. The quantitative estimate of drug-likeness (QED) is 0.423. The lowest BCUT2D eigenvalue weighted by molar-refractivity contribution is -0.384. The molecule has 0 spiro atoms. The molecule has 0 N–H and O–H groups in total. The first-order chi connectivity index (χ1) is 11.7. The second-order valence-electron chi connectivity index (χ2n) is 5.31. The number of nitrogens with zero attached hydrogens (tertiary/aromatic N) is 4. The second kappa shape index (κ2) is 5.62. The molecule has 7 nitrogen and oxygen atoms in total. The summed E-state index contributed by atoms with van der Waals surface area (Å²) in [5.41, 5.74) is 2.32. The molecule has 0 aliphatic rings. The lowest BCUT2D eigenvalue weighted by Crippen LogP contribution is -2.02. The van der Waals surface area contributed by atoms with Crippen molar-refractivity contribution in [2.24, 2.45) is 0 Å². The molecular weight excluding hydrogens is 308 g/mol. The van der Waals surface area contributed by atoms with Crippen molar-refractivity contribution >= 4 is 16.6 Å². The molecule has 0 unspecified atom stereocenters. The number of hydrogen-bond acceptors (Lipinski definition) is 5. The van der Waals surface area contributed by atoms with Gasteiger partial charge in [-0.2, -0.15) is 5.10 Å². The minimum absolute atomic E-state index is 0.0365. The number of fused-ring (bicyclic) bond motifs is 1. The Bertz CT molecular complexity index is 1020. The third kappa shape index (κ3) is 2.52. The van der Waals surface area contributed by atoms with Crippen molar-refractivity contribution in [1.82, 2.24) is 14.8 Å². The van der Waals surface area contributed by atoms with Crippen LogP contribution in [-0.2, 0) is 6.54 Å². The van der Waals surface area contributed by atoms with Gasteiger partial charge in [0, 0.05) is 23.1 Å². The molecule has 4 aromatic rings. The van der Waals surface area contributed by atoms with Gasteiger partial charge in [0.05, 0.1) is 23.2 Å². The molecule has 0 radical (unpaired) electrons. The monoisotopic (exact) mass is 320 g/mol. The van der Waals surface area contributed by atoms with Gasteiger partial charge in [-0.3, -0.25) is 14.8 Å². The van der Waals surface area contributed by atoms with E-state index in [1.165, 1.54) is 12.1 Å². The Kier molecular flexibility index (Phi) is 3.31. The highest BCUT2D eigenvalue weighted by molar-refractivity contribution is 5.81. The molecule has 2 heterocycles. The minimum atomic E-state index is -0.416. The molecular formula is C17H12N4O3. The lowest BCUT2D eigenvalue weighted by Gasteiger charge is -2.00. The molecule has 0 saturated heterocycles. The Morgan fingerprint density at radius 1 is 1.17 bits per heavy atom. The summed E-state index contributed by atoms with van der Waals surface area (Å²) in [4.78, 5) is 15.0. The lowest BCUT2D eigenvalue weighted by atomic mass is 10.2. The molecule has 0 atom stereocenters. The maximum absolute atomic E-state index is 10.9. The summed E-state index contributed by atoms with van der Waals surface area (Å²) in [6, 6.07) is 14.3. The zero-order valence-electron chi connectivity index (χ0n) is 12.5. The van der Waals surface area contributed by atoms with Crippen LogP contribution in [0.5, 0.6) is 0 Å². The van der Waals surface area contributed by atoms with Crippen molar-refractivity contribution in [1.29, 1.82) is 0 Å². The Balaban J connectivity index is 1.66. The summed E-state index contributed by atoms with van der Waals surface area (Å²) in [5.74, 6) is 0.535. The number of non-ortho nitro benzene ring substituents is 1. The van der Waals surface area contributed by atoms with Crippen LogP contribution < -0.4 is 0 Å². The minimum Gasteiger partial charge on any atom is -0.444 e. The van der Waals surface area contributed by atoms with Crippen LogP contribution in [0.3, 0.4) is 0 Å². The maximum atomic E-state index is 10.9. The number of nitro benzene ring substituents is 1. The first kappa shape index (κ1) is 14.1. The van der Waals surface area contributed by atoms with Crippen molar-refractivity contribution in [2.75, 3.05) is 0 Å². The SMILES string of the molecule is O=[N+]([O-])c1ccc2cnn(Cc3coc(-c4ccccc4)n3)c2c1. The predicted molar refractivity (Wildman–Crippen MR) is 87.4 cm³/mol. The second-order valence-corrected chi connectivity index (χ2v) is 5.31. The van der Waals surface area contributed by atoms with Gasteiger partial charge in [-0.25, -0.2) is 4.98 Å². The van der Waals surface area contributed by atoms with Gasteiger partial charge in [-0.1, -0.05) is 18.2 Å². The van der Waals surface area contributed by atoms with E-state index in [0.29, 0.717) is 23.6 Å². The summed E-state index contributed by atoms with van der Waals surface area (Å²) in [7, 11) is 0. The summed E-state index contributed by atoms with van der Waals surface area (Å²) < 4.78 is 7.19. The van der Waals surface area contributed by atoms with E-state index in [9.17, 15) is 10.1 Å². The first-order valence-electron chi connectivity index (χ1n) is 7.30. The molecule has 24 heavy (non-hydrogen) atoms. The van der Waals surface area contributed by atoms with E-state index in [0.717, 1.165) is 10.9 Å². The van der Waals surface area contributed by atoms with E-state index in [1.54, 1.807) is 23.2 Å². The summed E-state index contributed by atoms with van der Waals surface area (Å²) in [5, 5.41) is 16.1. The van der Waals surface area contributed by atoms with Gasteiger partial charge in [-0.05, 0) is 18.2 Å². The molecule has 7 heteroatoms. The Labute approximate surface area is 136 Å². The maximum Gasteiger partial charge on any atom is 0.271 e. The van der Waals surface area contributed by atoms with Gasteiger partial charge in [0.2, 0.25) is 5.89 Å². The van der Waals surface area contributed by atoms with E-state index >= 15 is 0 Å². The fraction of sp³-hybridized carbons (Fsp3) is 0.0588. The van der Waals surface area contributed by atoms with Gasteiger partial charge in [0.15, 0.2) is 0 Å². The number of hydrogen-bond donors (Lipinski definition) is 0. The average molecular weight is 320 g/mol. The third-order valence-electron chi connectivity index (χ3n) is 3.72. The largest absolute Gasteiger partial charge is 0.444 e. The van der Waals surface area contributed by atoms with Crippen LogP contribution in [0.15, 0.2) is 65.4 Å². The van der Waals surface area contributed by atoms with Crippen molar-refractivity contribution in [3.05, 3.63) is 76.8 Å². The van der Waals surface area contributed by atoms with Crippen molar-refractivity contribution in [3.8, 4) is 11.5 Å². The molecule has 0 fully saturated rings. The number of benzene rings is 2. The summed E-state index contributed by atoms with van der Waals surface area (Å²) in [6.45, 7) is 0.376. The van der Waals surface area contributed by atoms with Crippen LogP contribution >= 0.6 is 0 Å². The summed E-state index contributed by atoms with van der Waals surface area (Å²) in [6.07, 6.45) is 3.25. The Hall–Kier alpha value is -3.48. The predicted octanol–water partition coefficient (Wildman–Crippen LogP) is 3.65. The molecule has 118 valence electrons. The highest BCUT2D eigenvalue weighted by Crippen LogP contribution is 2.22. The third-order valence-corrected chi connectivity index (χ3v) is 3.72. The normalized spacial score (nSPS) is 11.0. The Morgan fingerprint density at radius 2 is 2.00 bits per heavy atom. The van der Waals surface area contributed by atoms with Gasteiger partial charge < -0.3 is 4.42 Å². The van der Waals surface area contributed by atoms with Crippen LogP contribution in [0, 0.1) is 10.1 Å². The molecule has 0 bridgehead atoms. The van der Waals surface area contributed by atoms with E-state index in [1.807, 2.05) is 30.3 Å². The summed E-state index contributed by atoms with van der Waals surface area (Å²) >= 11 is 0. The van der Waals surface area contributed by atoms with Crippen LogP contribution in [0.1, 0.15) is 5.69 Å². The van der Waals surface area contributed by atoms with E-state index in [2.05, 4.69) is 10.1 Å². The van der Waals surface area contributed by atoms with Crippen LogP contribution in [0.4, 0.5) is 5.69 Å². The molecule has 0 saturated carbocycles. The van der Waals surface area contributed by atoms with Crippen LogP contribution in [0.2, 0.25) is 0 Å². The molecule has 4 rings (SSSR count). The van der Waals surface area contributed by atoms with Gasteiger partial charge in [0.1, 0.15) is 12.0 Å². The topological polar surface area (TPSA) is 87.0 Å². The van der Waals surface area contributed by atoms with Crippen molar-refractivity contribution in [3.63, 3.8) is 0 Å². The number of aromatic nitrogens is 3. The van der Waals surface area contributed by atoms with E-state index in [4.69, 9.17) is 4.42 Å². The number of rotatable bonds is 4. The van der Waals surface area contributed by atoms with Crippen LogP contribution in [-0.4, -0.2) is 19.7 Å². The van der Waals surface area contributed by atoms with Crippen molar-refractivity contribution < 1.29 is 9.34 Å². The number of oxazole rings is 1. The molecule has 0 aliphatic heterocycles. The highest BCUT2D eigenvalue weighted by Gasteiger charge is 2.12. The highest BCUT2D eigenvalue weighted by atomic mass is 16.6. The smallest absolute Gasteiger partial charge is 0.271 e. The average Bonchev–Trinajstić information content (AvgIpc) is 3.23. The molecule has 2 aromatic heterocycles. The van der Waals surface area contributed by atoms with Gasteiger partial charge in [0.25, 0.3) is 5.69 Å². The van der Waals surface area contributed by atoms with E-state index < -0.39 is 4.92 Å². The molecule has 0 aliphatic carbocycles. The van der Waals surface area contributed by atoms with Gasteiger partial charge >= 0.3 is 0 Å². The van der Waals surface area contributed by atoms with E-state index in [-0.39, 0.29) is 5.69 Å². The first-order valence-corrected chi connectivity index (χ1v) is 7.30. The fourth-order valence-electron chi connectivity index (χ4n) is 2.54. The molecule has 0 amide bonds.